The molecule has 0 aromatic heterocycles. The normalized spacial score (nSPS) is 19.9. The van der Waals surface area contributed by atoms with Gasteiger partial charge in [-0.25, -0.2) is 0 Å². The van der Waals surface area contributed by atoms with E-state index in [0.29, 0.717) is 26.1 Å². The second-order valence-corrected chi connectivity index (χ2v) is 5.95. The first-order chi connectivity index (χ1) is 11.7. The van der Waals surface area contributed by atoms with Gasteiger partial charge in [-0.1, -0.05) is 48.5 Å². The van der Waals surface area contributed by atoms with Gasteiger partial charge < -0.3 is 20.5 Å². The molecule has 1 fully saturated rings. The van der Waals surface area contributed by atoms with Crippen molar-refractivity contribution in [3.05, 3.63) is 65.7 Å². The highest BCUT2D eigenvalue weighted by atomic mass is 16.5. The number of aliphatic hydroxyl groups is 1. The monoisotopic (exact) mass is 326 g/mol. The number of β-amino-alcohol motifs (C(OH)–C–C–N with tert-alkyl or cyclic N) is 1. The van der Waals surface area contributed by atoms with Gasteiger partial charge in [-0.2, -0.15) is 0 Å². The minimum atomic E-state index is -0.442. The molecule has 1 heterocycles. The van der Waals surface area contributed by atoms with Crippen molar-refractivity contribution >= 4 is 5.91 Å². The summed E-state index contributed by atoms with van der Waals surface area (Å²) in [6.07, 6.45) is 0.0140. The largest absolute Gasteiger partial charge is 0.489 e. The highest BCUT2D eigenvalue weighted by Gasteiger charge is 2.27. The Morgan fingerprint density at radius 3 is 2.67 bits per heavy atom. The fraction of sp³-hybridized carbons (Fsp3) is 0.316. The molecule has 0 radical (unpaired) electrons. The van der Waals surface area contributed by atoms with Gasteiger partial charge in [0.05, 0.1) is 12.1 Å². The lowest BCUT2D eigenvalue weighted by Gasteiger charge is -2.14. The minimum absolute atomic E-state index is 0.0931. The van der Waals surface area contributed by atoms with Crippen LogP contribution in [0.4, 0.5) is 0 Å². The Balaban J connectivity index is 1.56. The number of hydrogen-bond acceptors (Lipinski definition) is 4. The molecule has 2 aromatic carbocycles. The lowest BCUT2D eigenvalue weighted by molar-refractivity contribution is -0.123. The van der Waals surface area contributed by atoms with Crippen molar-refractivity contribution in [1.82, 2.24) is 10.6 Å². The molecule has 3 rings (SSSR count). The minimum Gasteiger partial charge on any atom is -0.489 e. The molecule has 24 heavy (non-hydrogen) atoms. The second kappa shape index (κ2) is 7.95. The van der Waals surface area contributed by atoms with Crippen LogP contribution >= 0.6 is 0 Å². The van der Waals surface area contributed by atoms with Crippen LogP contribution in [0.5, 0.6) is 5.75 Å². The Bertz CT molecular complexity index is 675. The van der Waals surface area contributed by atoms with Crippen LogP contribution in [0.25, 0.3) is 0 Å². The van der Waals surface area contributed by atoms with Gasteiger partial charge in [0.2, 0.25) is 5.91 Å². The number of hydrogen-bond donors (Lipinski definition) is 3. The number of para-hydroxylation sites is 1. The van der Waals surface area contributed by atoms with Crippen molar-refractivity contribution in [2.75, 3.05) is 6.54 Å². The van der Waals surface area contributed by atoms with E-state index >= 15 is 0 Å². The van der Waals surface area contributed by atoms with E-state index in [1.165, 1.54) is 0 Å². The van der Waals surface area contributed by atoms with Gasteiger partial charge in [0.15, 0.2) is 0 Å². The molecule has 0 bridgehead atoms. The molecule has 0 spiro atoms. The number of aliphatic hydroxyl groups excluding tert-OH is 1. The standard InChI is InChI=1S/C19H22N2O3/c22-16-10-17(20-12-16)19(23)21-11-15-8-4-5-9-18(15)24-13-14-6-2-1-3-7-14/h1-9,16-17,20,22H,10-13H2,(H,21,23)/t16-,17+/m1/s1. The number of amides is 1. The predicted octanol–water partition coefficient (Wildman–Crippen LogP) is 1.60. The second-order valence-electron chi connectivity index (χ2n) is 5.95. The molecule has 5 heteroatoms. The van der Waals surface area contributed by atoms with Gasteiger partial charge >= 0.3 is 0 Å². The molecular weight excluding hydrogens is 304 g/mol. The molecule has 1 aliphatic rings. The van der Waals surface area contributed by atoms with E-state index in [4.69, 9.17) is 4.74 Å². The summed E-state index contributed by atoms with van der Waals surface area (Å²) in [4.78, 5) is 12.1. The number of ether oxygens (including phenoxy) is 1. The predicted molar refractivity (Wildman–Crippen MR) is 91.5 cm³/mol. The summed E-state index contributed by atoms with van der Waals surface area (Å²) in [5.74, 6) is 0.672. The van der Waals surface area contributed by atoms with Crippen molar-refractivity contribution in [2.24, 2.45) is 0 Å². The molecular formula is C19H22N2O3. The van der Waals surface area contributed by atoms with E-state index in [1.807, 2.05) is 54.6 Å². The Labute approximate surface area is 141 Å². The average Bonchev–Trinajstić information content (AvgIpc) is 3.06. The van der Waals surface area contributed by atoms with Crippen LogP contribution in [0, 0.1) is 0 Å². The van der Waals surface area contributed by atoms with E-state index in [2.05, 4.69) is 10.6 Å². The van der Waals surface area contributed by atoms with Gasteiger partial charge in [-0.05, 0) is 18.1 Å². The highest BCUT2D eigenvalue weighted by molar-refractivity contribution is 5.82. The zero-order valence-corrected chi connectivity index (χ0v) is 13.4. The Morgan fingerprint density at radius 1 is 1.17 bits per heavy atom. The van der Waals surface area contributed by atoms with Crippen molar-refractivity contribution < 1.29 is 14.6 Å². The summed E-state index contributed by atoms with van der Waals surface area (Å²) in [6, 6.07) is 17.3. The Morgan fingerprint density at radius 2 is 1.92 bits per heavy atom. The van der Waals surface area contributed by atoms with Crippen molar-refractivity contribution in [2.45, 2.75) is 31.7 Å². The molecule has 2 atom stereocenters. The van der Waals surface area contributed by atoms with Gasteiger partial charge in [0, 0.05) is 18.7 Å². The Kier molecular flexibility index (Phi) is 5.46. The van der Waals surface area contributed by atoms with Gasteiger partial charge in [-0.15, -0.1) is 0 Å². The molecule has 1 saturated heterocycles. The maximum absolute atomic E-state index is 12.1. The fourth-order valence-electron chi connectivity index (χ4n) is 2.75. The maximum atomic E-state index is 12.1. The van der Waals surface area contributed by atoms with Crippen molar-refractivity contribution in [1.29, 1.82) is 0 Å². The molecule has 0 saturated carbocycles. The molecule has 5 nitrogen and oxygen atoms in total. The van der Waals surface area contributed by atoms with Crippen molar-refractivity contribution in [3.63, 3.8) is 0 Å². The first-order valence-corrected chi connectivity index (χ1v) is 8.16. The first-order valence-electron chi connectivity index (χ1n) is 8.16. The lowest BCUT2D eigenvalue weighted by atomic mass is 10.1. The third-order valence-corrected chi connectivity index (χ3v) is 4.09. The summed E-state index contributed by atoms with van der Waals surface area (Å²) in [6.45, 7) is 1.36. The van der Waals surface area contributed by atoms with Crippen molar-refractivity contribution in [3.8, 4) is 5.75 Å². The highest BCUT2D eigenvalue weighted by Crippen LogP contribution is 2.19. The van der Waals surface area contributed by atoms with Crippen LogP contribution < -0.4 is 15.4 Å². The van der Waals surface area contributed by atoms with E-state index in [-0.39, 0.29) is 11.9 Å². The van der Waals surface area contributed by atoms with Crippen LogP contribution in [0.2, 0.25) is 0 Å². The van der Waals surface area contributed by atoms with Crippen LogP contribution in [-0.4, -0.2) is 29.7 Å². The van der Waals surface area contributed by atoms with Crippen LogP contribution in [-0.2, 0) is 17.9 Å². The Hall–Kier alpha value is -2.37. The summed E-state index contributed by atoms with van der Waals surface area (Å²) < 4.78 is 5.89. The number of carbonyl (C=O) groups excluding carboxylic acids is 1. The van der Waals surface area contributed by atoms with Crippen LogP contribution in [0.15, 0.2) is 54.6 Å². The van der Waals surface area contributed by atoms with Crippen LogP contribution in [0.3, 0.4) is 0 Å². The van der Waals surface area contributed by atoms with Crippen LogP contribution in [0.1, 0.15) is 17.5 Å². The fourth-order valence-corrected chi connectivity index (χ4v) is 2.75. The third kappa shape index (κ3) is 4.34. The van der Waals surface area contributed by atoms with E-state index in [0.717, 1.165) is 16.9 Å². The first kappa shape index (κ1) is 16.5. The molecule has 1 aliphatic heterocycles. The molecule has 1 amide bonds. The maximum Gasteiger partial charge on any atom is 0.237 e. The molecule has 0 aliphatic carbocycles. The number of nitrogens with one attached hydrogen (secondary N) is 2. The summed E-state index contributed by atoms with van der Waals surface area (Å²) in [7, 11) is 0. The molecule has 0 unspecified atom stereocenters. The van der Waals surface area contributed by atoms with Gasteiger partial charge in [0.25, 0.3) is 0 Å². The number of benzene rings is 2. The lowest BCUT2D eigenvalue weighted by Crippen LogP contribution is -2.40. The zero-order valence-electron chi connectivity index (χ0n) is 13.4. The molecule has 2 aromatic rings. The van der Waals surface area contributed by atoms with E-state index in [1.54, 1.807) is 0 Å². The zero-order chi connectivity index (χ0) is 16.8. The molecule has 126 valence electrons. The smallest absolute Gasteiger partial charge is 0.237 e. The van der Waals surface area contributed by atoms with E-state index < -0.39 is 6.10 Å². The summed E-state index contributed by atoms with van der Waals surface area (Å²) in [5.41, 5.74) is 2.03. The quantitative estimate of drug-likeness (QED) is 0.754. The van der Waals surface area contributed by atoms with Gasteiger partial charge in [0.1, 0.15) is 12.4 Å². The van der Waals surface area contributed by atoms with E-state index in [9.17, 15) is 9.90 Å². The molecule has 3 N–H and O–H groups in total. The van der Waals surface area contributed by atoms with Gasteiger partial charge in [-0.3, -0.25) is 4.79 Å². The number of rotatable bonds is 6. The average molecular weight is 326 g/mol. The number of carbonyl (C=O) groups is 1. The summed E-state index contributed by atoms with van der Waals surface area (Å²) >= 11 is 0. The SMILES string of the molecule is O=C(NCc1ccccc1OCc1ccccc1)[C@@H]1C[C@@H](O)CN1. The topological polar surface area (TPSA) is 70.6 Å². The summed E-state index contributed by atoms with van der Waals surface area (Å²) in [5, 5.41) is 15.4. The third-order valence-electron chi connectivity index (χ3n) is 4.09.